The first-order valence-corrected chi connectivity index (χ1v) is 5.66. The molecule has 1 aromatic carbocycles. The van der Waals surface area contributed by atoms with Crippen molar-refractivity contribution in [3.8, 4) is 0 Å². The van der Waals surface area contributed by atoms with Crippen molar-refractivity contribution >= 4 is 28.7 Å². The lowest BCUT2D eigenvalue weighted by Gasteiger charge is -2.06. The minimum Gasteiger partial charge on any atom is -0.398 e. The summed E-state index contributed by atoms with van der Waals surface area (Å²) in [6.07, 6.45) is 2.97. The van der Waals surface area contributed by atoms with E-state index < -0.39 is 11.7 Å². The number of fused-ring (bicyclic) bond motifs is 1. The fourth-order valence-corrected chi connectivity index (χ4v) is 1.71. The minimum atomic E-state index is -0.516. The predicted molar refractivity (Wildman–Crippen MR) is 70.4 cm³/mol. The molecule has 0 radical (unpaired) electrons. The number of H-pyrrole nitrogens is 1. The highest BCUT2D eigenvalue weighted by Crippen LogP contribution is 2.15. The van der Waals surface area contributed by atoms with Crippen LogP contribution in [-0.2, 0) is 0 Å². The second-order valence-corrected chi connectivity index (χ2v) is 4.02. The molecule has 100 valence electrons. The number of carbonyl (C=O) groups excluding carboxylic acids is 1. The Morgan fingerprint density at radius 1 is 1.35 bits per heavy atom. The van der Waals surface area contributed by atoms with E-state index in [2.05, 4.69) is 25.3 Å². The number of anilines is 2. The largest absolute Gasteiger partial charge is 0.398 e. The number of aromatic amines is 1. The van der Waals surface area contributed by atoms with Gasteiger partial charge in [-0.2, -0.15) is 4.98 Å². The maximum absolute atomic E-state index is 12.9. The molecule has 2 aromatic heterocycles. The average Bonchev–Trinajstić information content (AvgIpc) is 2.85. The van der Waals surface area contributed by atoms with Crippen molar-refractivity contribution in [2.24, 2.45) is 0 Å². The number of hydrogen-bond donors (Lipinski definition) is 3. The zero-order valence-electron chi connectivity index (χ0n) is 10.1. The molecule has 0 atom stereocenters. The molecule has 0 unspecified atom stereocenters. The molecule has 0 bridgehead atoms. The molecule has 0 aliphatic rings. The molecular weight excluding hydrogens is 263 g/mol. The SMILES string of the molecule is Nc1cc(F)ccc1C(=O)Nc1ncc2[nH]cnc2n1. The highest BCUT2D eigenvalue weighted by molar-refractivity contribution is 6.07. The third-order valence-corrected chi connectivity index (χ3v) is 2.66. The van der Waals surface area contributed by atoms with E-state index in [-0.39, 0.29) is 17.2 Å². The van der Waals surface area contributed by atoms with Gasteiger partial charge >= 0.3 is 0 Å². The first-order chi connectivity index (χ1) is 9.63. The van der Waals surface area contributed by atoms with E-state index in [1.54, 1.807) is 0 Å². The number of nitrogens with two attached hydrogens (primary N) is 1. The summed E-state index contributed by atoms with van der Waals surface area (Å²) in [7, 11) is 0. The van der Waals surface area contributed by atoms with Crippen molar-refractivity contribution in [3.63, 3.8) is 0 Å². The van der Waals surface area contributed by atoms with Crippen molar-refractivity contribution in [2.75, 3.05) is 11.1 Å². The van der Waals surface area contributed by atoms with Gasteiger partial charge in [0.2, 0.25) is 5.95 Å². The molecule has 4 N–H and O–H groups in total. The number of hydrogen-bond acceptors (Lipinski definition) is 5. The Labute approximate surface area is 112 Å². The van der Waals surface area contributed by atoms with Crippen LogP contribution in [0.3, 0.4) is 0 Å². The highest BCUT2D eigenvalue weighted by atomic mass is 19.1. The Morgan fingerprint density at radius 3 is 3.00 bits per heavy atom. The molecule has 0 saturated carbocycles. The summed E-state index contributed by atoms with van der Waals surface area (Å²) in [4.78, 5) is 26.8. The van der Waals surface area contributed by atoms with E-state index in [0.717, 1.165) is 12.1 Å². The molecule has 1 amide bonds. The number of imidazole rings is 1. The van der Waals surface area contributed by atoms with Crippen molar-refractivity contribution in [2.45, 2.75) is 0 Å². The zero-order valence-corrected chi connectivity index (χ0v) is 10.1. The maximum atomic E-state index is 12.9. The molecule has 3 rings (SSSR count). The average molecular weight is 272 g/mol. The lowest BCUT2D eigenvalue weighted by Crippen LogP contribution is -2.16. The van der Waals surface area contributed by atoms with Crippen LogP contribution in [0.1, 0.15) is 10.4 Å². The van der Waals surface area contributed by atoms with Gasteiger partial charge in [-0.3, -0.25) is 10.1 Å². The van der Waals surface area contributed by atoms with Gasteiger partial charge in [-0.15, -0.1) is 0 Å². The van der Waals surface area contributed by atoms with E-state index >= 15 is 0 Å². The summed E-state index contributed by atoms with van der Waals surface area (Å²) >= 11 is 0. The van der Waals surface area contributed by atoms with Crippen LogP contribution in [0.2, 0.25) is 0 Å². The highest BCUT2D eigenvalue weighted by Gasteiger charge is 2.12. The van der Waals surface area contributed by atoms with Crippen molar-refractivity contribution in [1.29, 1.82) is 0 Å². The summed E-state index contributed by atoms with van der Waals surface area (Å²) < 4.78 is 12.9. The second-order valence-electron chi connectivity index (χ2n) is 4.02. The molecule has 3 aromatic rings. The van der Waals surface area contributed by atoms with Gasteiger partial charge in [0.05, 0.1) is 18.1 Å². The van der Waals surface area contributed by atoms with Crippen LogP contribution in [0.4, 0.5) is 16.0 Å². The van der Waals surface area contributed by atoms with Crippen molar-refractivity contribution < 1.29 is 9.18 Å². The Bertz CT molecular complexity index is 799. The van der Waals surface area contributed by atoms with Crippen LogP contribution in [0, 0.1) is 5.82 Å². The van der Waals surface area contributed by atoms with Crippen LogP contribution in [-0.4, -0.2) is 25.8 Å². The number of carbonyl (C=O) groups is 1. The lowest BCUT2D eigenvalue weighted by atomic mass is 10.1. The molecule has 0 saturated heterocycles. The van der Waals surface area contributed by atoms with Gasteiger partial charge in [0.25, 0.3) is 5.91 Å². The number of halogens is 1. The van der Waals surface area contributed by atoms with Crippen molar-refractivity contribution in [1.82, 2.24) is 19.9 Å². The van der Waals surface area contributed by atoms with E-state index in [9.17, 15) is 9.18 Å². The monoisotopic (exact) mass is 272 g/mol. The van der Waals surface area contributed by atoms with Crippen LogP contribution in [0.25, 0.3) is 11.2 Å². The third-order valence-electron chi connectivity index (χ3n) is 2.66. The number of nitrogen functional groups attached to an aromatic ring is 1. The summed E-state index contributed by atoms with van der Waals surface area (Å²) in [5.41, 5.74) is 6.88. The van der Waals surface area contributed by atoms with E-state index in [1.807, 2.05) is 0 Å². The fourth-order valence-electron chi connectivity index (χ4n) is 1.71. The van der Waals surface area contributed by atoms with Gasteiger partial charge in [0.1, 0.15) is 11.3 Å². The molecule has 2 heterocycles. The maximum Gasteiger partial charge on any atom is 0.260 e. The molecule has 0 spiro atoms. The van der Waals surface area contributed by atoms with Gasteiger partial charge in [0, 0.05) is 5.69 Å². The molecular formula is C12H9FN6O. The fraction of sp³-hybridized carbons (Fsp3) is 0. The normalized spacial score (nSPS) is 10.7. The molecule has 7 nitrogen and oxygen atoms in total. The van der Waals surface area contributed by atoms with Gasteiger partial charge in [-0.25, -0.2) is 14.4 Å². The topological polar surface area (TPSA) is 110 Å². The zero-order chi connectivity index (χ0) is 14.1. The Kier molecular flexibility index (Phi) is 2.75. The quantitative estimate of drug-likeness (QED) is 0.609. The number of nitrogens with one attached hydrogen (secondary N) is 2. The summed E-state index contributed by atoms with van der Waals surface area (Å²) in [5, 5.41) is 2.48. The molecule has 0 aliphatic heterocycles. The van der Waals surface area contributed by atoms with Crippen molar-refractivity contribution in [3.05, 3.63) is 42.1 Å². The second kappa shape index (κ2) is 4.57. The Hall–Kier alpha value is -3.03. The Morgan fingerprint density at radius 2 is 2.20 bits per heavy atom. The van der Waals surface area contributed by atoms with Crippen LogP contribution < -0.4 is 11.1 Å². The summed E-state index contributed by atoms with van der Waals surface area (Å²) in [6, 6.07) is 3.53. The summed E-state index contributed by atoms with van der Waals surface area (Å²) in [6.45, 7) is 0. The van der Waals surface area contributed by atoms with E-state index in [4.69, 9.17) is 5.73 Å². The Balaban J connectivity index is 1.87. The van der Waals surface area contributed by atoms with Crippen LogP contribution >= 0.6 is 0 Å². The predicted octanol–water partition coefficient (Wildman–Crippen LogP) is 1.33. The third kappa shape index (κ3) is 2.14. The van der Waals surface area contributed by atoms with Gasteiger partial charge < -0.3 is 10.7 Å². The number of nitrogens with zero attached hydrogens (tertiary/aromatic N) is 3. The standard InChI is InChI=1S/C12H9FN6O/c13-6-1-2-7(8(14)3-6)11(20)19-12-15-4-9-10(18-12)17-5-16-9/h1-5H,14H2,(H2,15,16,17,18,19,20). The van der Waals surface area contributed by atoms with E-state index in [1.165, 1.54) is 18.6 Å². The van der Waals surface area contributed by atoms with Crippen LogP contribution in [0.15, 0.2) is 30.7 Å². The first-order valence-electron chi connectivity index (χ1n) is 5.66. The van der Waals surface area contributed by atoms with Gasteiger partial charge in [0.15, 0.2) is 5.65 Å². The number of benzene rings is 1. The molecule has 20 heavy (non-hydrogen) atoms. The van der Waals surface area contributed by atoms with Gasteiger partial charge in [-0.05, 0) is 18.2 Å². The van der Waals surface area contributed by atoms with Crippen LogP contribution in [0.5, 0.6) is 0 Å². The number of aromatic nitrogens is 4. The smallest absolute Gasteiger partial charge is 0.260 e. The summed E-state index contributed by atoms with van der Waals surface area (Å²) in [5.74, 6) is -0.927. The molecule has 0 aliphatic carbocycles. The van der Waals surface area contributed by atoms with E-state index in [0.29, 0.717) is 11.2 Å². The first kappa shape index (κ1) is 12.0. The van der Waals surface area contributed by atoms with Gasteiger partial charge in [-0.1, -0.05) is 0 Å². The lowest BCUT2D eigenvalue weighted by molar-refractivity contribution is 0.102. The number of rotatable bonds is 2. The molecule has 0 fully saturated rings. The number of amides is 1. The molecule has 8 heteroatoms. The minimum absolute atomic E-state index is 0.0448.